The lowest BCUT2D eigenvalue weighted by Gasteiger charge is -2.26. The Kier molecular flexibility index (Phi) is 5.81. The molecule has 0 aliphatic carbocycles. The van der Waals surface area contributed by atoms with Gasteiger partial charge in [-0.1, -0.05) is 78.9 Å². The summed E-state index contributed by atoms with van der Waals surface area (Å²) in [4.78, 5) is 7.34. The van der Waals surface area contributed by atoms with E-state index in [2.05, 4.69) is 131 Å². The maximum atomic E-state index is 6.40. The third kappa shape index (κ3) is 4.01. The number of fused-ring (bicyclic) bond motifs is 8. The molecule has 5 heteroatoms. The van der Waals surface area contributed by atoms with Crippen molar-refractivity contribution in [1.82, 2.24) is 9.55 Å². The molecule has 10 aromatic rings. The minimum atomic E-state index is 0.594. The van der Waals surface area contributed by atoms with Crippen LogP contribution in [0.15, 0.2) is 173 Å². The summed E-state index contributed by atoms with van der Waals surface area (Å²) < 4.78 is 15.0. The standard InChI is InChI=1S/C43H27N3O2/c1-4-13-28(14-5-1)43-44-42-39(48-43)26-25-38-41(42)33-27-31(23-24-37(33)47-38)45(29-15-6-2-7-16-29)35-21-12-22-36-40(35)32-19-10-11-20-34(32)46(36)30-17-8-3-9-18-30/h1-27H. The van der Waals surface area contributed by atoms with E-state index in [4.69, 9.17) is 13.8 Å². The summed E-state index contributed by atoms with van der Waals surface area (Å²) in [6.07, 6.45) is 0. The van der Waals surface area contributed by atoms with Crippen molar-refractivity contribution in [3.05, 3.63) is 164 Å². The van der Waals surface area contributed by atoms with Gasteiger partial charge >= 0.3 is 0 Å². The maximum absolute atomic E-state index is 6.40. The second-order valence-electron chi connectivity index (χ2n) is 12.0. The topological polar surface area (TPSA) is 47.3 Å². The van der Waals surface area contributed by atoms with Crippen LogP contribution in [-0.4, -0.2) is 9.55 Å². The summed E-state index contributed by atoms with van der Waals surface area (Å²) in [5.74, 6) is 0.594. The van der Waals surface area contributed by atoms with E-state index in [1.54, 1.807) is 0 Å². The van der Waals surface area contributed by atoms with Crippen molar-refractivity contribution in [2.75, 3.05) is 4.90 Å². The maximum Gasteiger partial charge on any atom is 0.227 e. The first kappa shape index (κ1) is 26.6. The van der Waals surface area contributed by atoms with Crippen LogP contribution in [0.2, 0.25) is 0 Å². The van der Waals surface area contributed by atoms with Crippen molar-refractivity contribution in [3.63, 3.8) is 0 Å². The number of rotatable bonds is 5. The minimum Gasteiger partial charge on any atom is -0.456 e. The summed E-state index contributed by atoms with van der Waals surface area (Å²) in [6, 6.07) is 56.8. The highest BCUT2D eigenvalue weighted by Crippen LogP contribution is 2.45. The average molecular weight is 618 g/mol. The molecular weight excluding hydrogens is 590 g/mol. The number of benzene rings is 7. The molecule has 0 saturated carbocycles. The number of aromatic nitrogens is 2. The van der Waals surface area contributed by atoms with E-state index in [1.165, 1.54) is 10.8 Å². The third-order valence-electron chi connectivity index (χ3n) is 9.20. The van der Waals surface area contributed by atoms with E-state index in [0.717, 1.165) is 72.4 Å². The molecule has 3 aromatic heterocycles. The molecule has 3 heterocycles. The molecule has 0 amide bonds. The Morgan fingerprint density at radius 3 is 2.00 bits per heavy atom. The summed E-state index contributed by atoms with van der Waals surface area (Å²) in [7, 11) is 0. The summed E-state index contributed by atoms with van der Waals surface area (Å²) in [5.41, 5.74) is 10.7. The lowest BCUT2D eigenvalue weighted by atomic mass is 10.1. The van der Waals surface area contributed by atoms with Crippen LogP contribution in [-0.2, 0) is 0 Å². The lowest BCUT2D eigenvalue weighted by molar-refractivity contribution is 0.619. The first-order valence-corrected chi connectivity index (χ1v) is 16.1. The number of oxazole rings is 1. The third-order valence-corrected chi connectivity index (χ3v) is 9.20. The first-order chi connectivity index (χ1) is 23.8. The minimum absolute atomic E-state index is 0.594. The predicted octanol–water partition coefficient (Wildman–Crippen LogP) is 12.0. The summed E-state index contributed by atoms with van der Waals surface area (Å²) >= 11 is 0. The second kappa shape index (κ2) is 10.5. The van der Waals surface area contributed by atoms with Crippen molar-refractivity contribution in [1.29, 1.82) is 0 Å². The molecule has 0 radical (unpaired) electrons. The Hall–Kier alpha value is -6.59. The highest BCUT2D eigenvalue weighted by molar-refractivity contribution is 6.19. The highest BCUT2D eigenvalue weighted by atomic mass is 16.4. The van der Waals surface area contributed by atoms with Crippen molar-refractivity contribution < 1.29 is 8.83 Å². The van der Waals surface area contributed by atoms with Crippen LogP contribution in [0.25, 0.3) is 72.0 Å². The van der Waals surface area contributed by atoms with Gasteiger partial charge in [-0.25, -0.2) is 4.98 Å². The number of para-hydroxylation sites is 3. The van der Waals surface area contributed by atoms with Crippen LogP contribution in [0.4, 0.5) is 17.1 Å². The molecule has 0 bridgehead atoms. The number of furan rings is 1. The number of hydrogen-bond acceptors (Lipinski definition) is 4. The van der Waals surface area contributed by atoms with Crippen molar-refractivity contribution >= 4 is 71.9 Å². The Balaban J connectivity index is 1.24. The molecule has 0 spiro atoms. The lowest BCUT2D eigenvalue weighted by Crippen LogP contribution is -2.10. The fraction of sp³-hybridized carbons (Fsp3) is 0. The molecule has 7 aromatic carbocycles. The van der Waals surface area contributed by atoms with Gasteiger partial charge in [-0.05, 0) is 84.9 Å². The van der Waals surface area contributed by atoms with Gasteiger partial charge in [0.15, 0.2) is 5.58 Å². The smallest absolute Gasteiger partial charge is 0.227 e. The summed E-state index contributed by atoms with van der Waals surface area (Å²) in [6.45, 7) is 0. The van der Waals surface area contributed by atoms with Crippen LogP contribution in [0.3, 0.4) is 0 Å². The molecular formula is C43H27N3O2. The highest BCUT2D eigenvalue weighted by Gasteiger charge is 2.23. The quantitative estimate of drug-likeness (QED) is 0.193. The van der Waals surface area contributed by atoms with Crippen molar-refractivity contribution in [3.8, 4) is 17.1 Å². The predicted molar refractivity (Wildman–Crippen MR) is 196 cm³/mol. The van der Waals surface area contributed by atoms with E-state index >= 15 is 0 Å². The van der Waals surface area contributed by atoms with Crippen molar-refractivity contribution in [2.24, 2.45) is 0 Å². The largest absolute Gasteiger partial charge is 0.456 e. The van der Waals surface area contributed by atoms with E-state index in [0.29, 0.717) is 5.89 Å². The fourth-order valence-corrected chi connectivity index (χ4v) is 7.13. The average Bonchev–Trinajstić information content (AvgIpc) is 3.85. The molecule has 10 rings (SSSR count). The van der Waals surface area contributed by atoms with Crippen molar-refractivity contribution in [2.45, 2.75) is 0 Å². The normalized spacial score (nSPS) is 11.8. The Bertz CT molecular complexity index is 2780. The molecule has 48 heavy (non-hydrogen) atoms. The van der Waals surface area contributed by atoms with Crippen LogP contribution < -0.4 is 4.90 Å². The molecule has 226 valence electrons. The molecule has 0 unspecified atom stereocenters. The summed E-state index contributed by atoms with van der Waals surface area (Å²) in [5, 5.41) is 4.31. The molecule has 0 N–H and O–H groups in total. The molecule has 5 nitrogen and oxygen atoms in total. The Morgan fingerprint density at radius 2 is 1.17 bits per heavy atom. The molecule has 0 saturated heterocycles. The van der Waals surface area contributed by atoms with Gasteiger partial charge in [-0.2, -0.15) is 0 Å². The molecule has 0 aliphatic rings. The van der Waals surface area contributed by atoms with Crippen LogP contribution >= 0.6 is 0 Å². The van der Waals surface area contributed by atoms with Gasteiger partial charge in [0.05, 0.1) is 22.1 Å². The van der Waals surface area contributed by atoms with Gasteiger partial charge in [0.25, 0.3) is 0 Å². The van der Waals surface area contributed by atoms with Gasteiger partial charge in [-0.15, -0.1) is 0 Å². The molecule has 0 atom stereocenters. The zero-order chi connectivity index (χ0) is 31.6. The van der Waals surface area contributed by atoms with E-state index in [1.807, 2.05) is 42.5 Å². The molecule has 0 aliphatic heterocycles. The number of anilines is 3. The number of hydrogen-bond donors (Lipinski definition) is 0. The van der Waals surface area contributed by atoms with Gasteiger partial charge < -0.3 is 18.3 Å². The van der Waals surface area contributed by atoms with Crippen LogP contribution in [0.5, 0.6) is 0 Å². The second-order valence-corrected chi connectivity index (χ2v) is 12.0. The zero-order valence-corrected chi connectivity index (χ0v) is 25.7. The van der Waals surface area contributed by atoms with Gasteiger partial charge in [-0.3, -0.25) is 0 Å². The van der Waals surface area contributed by atoms with Crippen LogP contribution in [0.1, 0.15) is 0 Å². The Labute approximate surface area is 275 Å². The first-order valence-electron chi connectivity index (χ1n) is 16.1. The van der Waals surface area contributed by atoms with Crippen LogP contribution in [0, 0.1) is 0 Å². The Morgan fingerprint density at radius 1 is 0.479 bits per heavy atom. The van der Waals surface area contributed by atoms with E-state index in [-0.39, 0.29) is 0 Å². The van der Waals surface area contributed by atoms with Gasteiger partial charge in [0.2, 0.25) is 5.89 Å². The van der Waals surface area contributed by atoms with Gasteiger partial charge in [0.1, 0.15) is 16.7 Å². The van der Waals surface area contributed by atoms with E-state index < -0.39 is 0 Å². The monoisotopic (exact) mass is 617 g/mol. The van der Waals surface area contributed by atoms with E-state index in [9.17, 15) is 0 Å². The number of nitrogens with zero attached hydrogens (tertiary/aromatic N) is 3. The molecule has 0 fully saturated rings. The van der Waals surface area contributed by atoms with Gasteiger partial charge in [0, 0.05) is 38.8 Å². The fourth-order valence-electron chi connectivity index (χ4n) is 7.13. The zero-order valence-electron chi connectivity index (χ0n) is 25.7. The SMILES string of the molecule is c1ccc(-c2nc3c(ccc4oc5ccc(N(c6ccccc6)c6cccc7c6c6ccccc6n7-c6ccccc6)cc5c43)o2)cc1.